The molecule has 9 heteroatoms. The van der Waals surface area contributed by atoms with Gasteiger partial charge in [0.2, 0.25) is 21.8 Å². The van der Waals surface area contributed by atoms with Crippen LogP contribution in [0.25, 0.3) is 0 Å². The molecule has 2 aliphatic rings. The molecule has 2 aliphatic heterocycles. The molecule has 4 rings (SSSR count). The average molecular weight is 446 g/mol. The maximum Gasteiger partial charge on any atom is 0.246 e. The fourth-order valence-electron chi connectivity index (χ4n) is 4.11. The van der Waals surface area contributed by atoms with Crippen LogP contribution in [0.15, 0.2) is 54.6 Å². The number of carbonyl (C=O) groups is 2. The molecule has 2 aromatic rings. The van der Waals surface area contributed by atoms with E-state index >= 15 is 0 Å². The summed E-state index contributed by atoms with van der Waals surface area (Å²) < 4.78 is 40.2. The minimum atomic E-state index is -3.66. The first-order valence-electron chi connectivity index (χ1n) is 10.2. The summed E-state index contributed by atoms with van der Waals surface area (Å²) >= 11 is 0. The molecule has 0 saturated carbocycles. The summed E-state index contributed by atoms with van der Waals surface area (Å²) in [6.07, 6.45) is 0.249. The van der Waals surface area contributed by atoms with E-state index in [1.165, 1.54) is 33.5 Å². The van der Waals surface area contributed by atoms with Crippen molar-refractivity contribution < 1.29 is 22.4 Å². The van der Waals surface area contributed by atoms with Crippen molar-refractivity contribution >= 4 is 21.8 Å². The molecule has 0 aromatic heterocycles. The molecule has 0 bridgehead atoms. The van der Waals surface area contributed by atoms with Crippen molar-refractivity contribution in [3.05, 3.63) is 71.5 Å². The summed E-state index contributed by atoms with van der Waals surface area (Å²) in [7, 11) is -3.66. The number of piperazine rings is 1. The Labute approximate surface area is 181 Å². The lowest BCUT2D eigenvalue weighted by molar-refractivity contribution is -0.156. The highest BCUT2D eigenvalue weighted by Gasteiger charge is 2.41. The summed E-state index contributed by atoms with van der Waals surface area (Å²) in [5, 5.41) is 0. The zero-order valence-electron chi connectivity index (χ0n) is 17.0. The molecule has 7 nitrogen and oxygen atoms in total. The van der Waals surface area contributed by atoms with Gasteiger partial charge in [-0.2, -0.15) is 4.31 Å². The first kappa shape index (κ1) is 21.5. The van der Waals surface area contributed by atoms with Crippen molar-refractivity contribution in [2.75, 3.05) is 26.2 Å². The summed E-state index contributed by atoms with van der Waals surface area (Å²) in [6.45, 7) is 0.812. The van der Waals surface area contributed by atoms with Gasteiger partial charge in [-0.3, -0.25) is 9.59 Å². The van der Waals surface area contributed by atoms with Gasteiger partial charge in [0.15, 0.2) is 0 Å². The van der Waals surface area contributed by atoms with Crippen LogP contribution in [0.2, 0.25) is 0 Å². The second-order valence-electron chi connectivity index (χ2n) is 7.85. The third-order valence-corrected chi connectivity index (χ3v) is 7.58. The van der Waals surface area contributed by atoms with Gasteiger partial charge in [-0.25, -0.2) is 12.8 Å². The Kier molecular flexibility index (Phi) is 6.06. The van der Waals surface area contributed by atoms with Gasteiger partial charge in [0.1, 0.15) is 18.4 Å². The number of rotatable bonds is 5. The van der Waals surface area contributed by atoms with E-state index in [1.54, 1.807) is 4.90 Å². The number of carbonyl (C=O) groups excluding carboxylic acids is 2. The quantitative estimate of drug-likeness (QED) is 0.701. The minimum Gasteiger partial charge on any atom is -0.328 e. The van der Waals surface area contributed by atoms with Gasteiger partial charge in [-0.15, -0.1) is 0 Å². The van der Waals surface area contributed by atoms with E-state index in [-0.39, 0.29) is 50.2 Å². The number of amides is 2. The van der Waals surface area contributed by atoms with Crippen LogP contribution in [0.4, 0.5) is 4.39 Å². The Morgan fingerprint density at radius 1 is 0.903 bits per heavy atom. The third kappa shape index (κ3) is 4.77. The standard InChI is InChI=1S/C22H24FN3O4S/c23-19-8-6-18(7-9-19)16-31(29,30)25-11-10-20-22(28)24(14-17-4-2-1-3-5-17)15-21(27)26(20)13-12-25/h1-9,20H,10-16H2. The van der Waals surface area contributed by atoms with Gasteiger partial charge in [0.05, 0.1) is 5.75 Å². The average Bonchev–Trinajstić information content (AvgIpc) is 2.98. The molecule has 2 heterocycles. The van der Waals surface area contributed by atoms with Crippen LogP contribution in [0.5, 0.6) is 0 Å². The third-order valence-electron chi connectivity index (χ3n) is 5.73. The van der Waals surface area contributed by atoms with Gasteiger partial charge in [0, 0.05) is 26.2 Å². The van der Waals surface area contributed by atoms with Crippen LogP contribution in [0, 0.1) is 5.82 Å². The lowest BCUT2D eigenvalue weighted by Crippen LogP contribution is -2.59. The zero-order chi connectivity index (χ0) is 22.0. The van der Waals surface area contributed by atoms with Gasteiger partial charge in [-0.05, 0) is 29.7 Å². The van der Waals surface area contributed by atoms with Crippen molar-refractivity contribution in [2.45, 2.75) is 24.8 Å². The Hall–Kier alpha value is -2.78. The van der Waals surface area contributed by atoms with Crippen molar-refractivity contribution in [2.24, 2.45) is 0 Å². The molecule has 1 atom stereocenters. The maximum atomic E-state index is 13.1. The maximum absolute atomic E-state index is 13.1. The second-order valence-corrected chi connectivity index (χ2v) is 9.82. The second kappa shape index (κ2) is 8.76. The van der Waals surface area contributed by atoms with Crippen LogP contribution in [0.3, 0.4) is 0 Å². The molecular weight excluding hydrogens is 421 g/mol. The lowest BCUT2D eigenvalue weighted by Gasteiger charge is -2.39. The highest BCUT2D eigenvalue weighted by Crippen LogP contribution is 2.23. The molecule has 1 unspecified atom stereocenters. The first-order valence-corrected chi connectivity index (χ1v) is 11.8. The van der Waals surface area contributed by atoms with E-state index in [0.717, 1.165) is 5.56 Å². The molecule has 0 radical (unpaired) electrons. The first-order chi connectivity index (χ1) is 14.8. The molecule has 2 aromatic carbocycles. The predicted octanol–water partition coefficient (Wildman–Crippen LogP) is 1.60. The molecule has 2 fully saturated rings. The largest absolute Gasteiger partial charge is 0.328 e. The molecule has 0 N–H and O–H groups in total. The number of fused-ring (bicyclic) bond motifs is 1. The highest BCUT2D eigenvalue weighted by atomic mass is 32.2. The highest BCUT2D eigenvalue weighted by molar-refractivity contribution is 7.88. The number of hydrogen-bond donors (Lipinski definition) is 0. The molecule has 2 saturated heterocycles. The van der Waals surface area contributed by atoms with Gasteiger partial charge in [0.25, 0.3) is 0 Å². The molecule has 164 valence electrons. The fourth-order valence-corrected chi connectivity index (χ4v) is 5.65. The Morgan fingerprint density at radius 3 is 2.32 bits per heavy atom. The van der Waals surface area contributed by atoms with Gasteiger partial charge >= 0.3 is 0 Å². The number of nitrogens with zero attached hydrogens (tertiary/aromatic N) is 3. The van der Waals surface area contributed by atoms with Crippen LogP contribution >= 0.6 is 0 Å². The van der Waals surface area contributed by atoms with E-state index in [1.807, 2.05) is 30.3 Å². The van der Waals surface area contributed by atoms with Crippen LogP contribution < -0.4 is 0 Å². The predicted molar refractivity (Wildman–Crippen MR) is 113 cm³/mol. The minimum absolute atomic E-state index is 0.00738. The summed E-state index contributed by atoms with van der Waals surface area (Å²) in [5.74, 6) is -0.996. The molecule has 0 spiro atoms. The Bertz CT molecular complexity index is 1060. The number of benzene rings is 2. The lowest BCUT2D eigenvalue weighted by atomic mass is 10.1. The zero-order valence-corrected chi connectivity index (χ0v) is 17.8. The molecular formula is C22H24FN3O4S. The van der Waals surface area contributed by atoms with Crippen LogP contribution in [0.1, 0.15) is 17.5 Å². The summed E-state index contributed by atoms with van der Waals surface area (Å²) in [4.78, 5) is 28.9. The number of halogens is 1. The Balaban J connectivity index is 1.46. The van der Waals surface area contributed by atoms with E-state index in [9.17, 15) is 22.4 Å². The Morgan fingerprint density at radius 2 is 1.61 bits per heavy atom. The van der Waals surface area contributed by atoms with E-state index in [2.05, 4.69) is 0 Å². The normalized spacial score (nSPS) is 20.5. The topological polar surface area (TPSA) is 78.0 Å². The van der Waals surface area contributed by atoms with Crippen molar-refractivity contribution in [1.29, 1.82) is 0 Å². The molecule has 2 amide bonds. The van der Waals surface area contributed by atoms with Crippen LogP contribution in [-0.4, -0.2) is 66.6 Å². The van der Waals surface area contributed by atoms with E-state index in [4.69, 9.17) is 0 Å². The van der Waals surface area contributed by atoms with Crippen molar-refractivity contribution in [3.63, 3.8) is 0 Å². The monoisotopic (exact) mass is 445 g/mol. The molecule has 0 aliphatic carbocycles. The molecule has 31 heavy (non-hydrogen) atoms. The smallest absolute Gasteiger partial charge is 0.246 e. The van der Waals surface area contributed by atoms with E-state index < -0.39 is 21.9 Å². The fraction of sp³-hybridized carbons (Fsp3) is 0.364. The van der Waals surface area contributed by atoms with E-state index in [0.29, 0.717) is 12.1 Å². The van der Waals surface area contributed by atoms with Crippen molar-refractivity contribution in [3.8, 4) is 0 Å². The van der Waals surface area contributed by atoms with Crippen molar-refractivity contribution in [1.82, 2.24) is 14.1 Å². The number of sulfonamides is 1. The summed E-state index contributed by atoms with van der Waals surface area (Å²) in [5.41, 5.74) is 1.43. The summed E-state index contributed by atoms with van der Waals surface area (Å²) in [6, 6.07) is 14.2. The van der Waals surface area contributed by atoms with Gasteiger partial charge < -0.3 is 9.80 Å². The van der Waals surface area contributed by atoms with Crippen LogP contribution in [-0.2, 0) is 31.9 Å². The number of hydrogen-bond acceptors (Lipinski definition) is 4. The SMILES string of the molecule is O=C1C2CCN(S(=O)(=O)Cc3ccc(F)cc3)CCN2C(=O)CN1Cc1ccccc1. The van der Waals surface area contributed by atoms with Gasteiger partial charge in [-0.1, -0.05) is 42.5 Å².